The second-order valence-corrected chi connectivity index (χ2v) is 5.37. The molecular formula is C13H18N2O2S. The van der Waals surface area contributed by atoms with Gasteiger partial charge in [0, 0.05) is 6.04 Å². The Bertz CT molecular complexity index is 491. The lowest BCUT2D eigenvalue weighted by Gasteiger charge is -2.04. The van der Waals surface area contributed by atoms with E-state index in [0.717, 1.165) is 29.5 Å². The van der Waals surface area contributed by atoms with E-state index in [9.17, 15) is 0 Å². The van der Waals surface area contributed by atoms with Crippen LogP contribution in [0.4, 0.5) is 0 Å². The smallest absolute Gasteiger partial charge is 0.256 e. The summed E-state index contributed by atoms with van der Waals surface area (Å²) in [6.07, 6.45) is 1.66. The van der Waals surface area contributed by atoms with E-state index in [2.05, 4.69) is 24.1 Å². The maximum absolute atomic E-state index is 5.71. The summed E-state index contributed by atoms with van der Waals surface area (Å²) in [5.74, 6) is 2.64. The Morgan fingerprint density at radius 1 is 1.33 bits per heavy atom. The SMILES string of the molecule is Cc1coc(SCc2ccc(CNC(C)C)o2)n1. The van der Waals surface area contributed by atoms with Crippen molar-refractivity contribution in [3.63, 3.8) is 0 Å². The fourth-order valence-corrected chi connectivity index (χ4v) is 2.18. The Kier molecular flexibility index (Phi) is 4.49. The van der Waals surface area contributed by atoms with Crippen molar-refractivity contribution in [1.29, 1.82) is 0 Å². The van der Waals surface area contributed by atoms with E-state index < -0.39 is 0 Å². The average Bonchev–Trinajstić information content (AvgIpc) is 2.93. The summed E-state index contributed by atoms with van der Waals surface area (Å²) in [6.45, 7) is 6.91. The van der Waals surface area contributed by atoms with Crippen LogP contribution in [0.2, 0.25) is 0 Å². The predicted octanol–water partition coefficient (Wildman–Crippen LogP) is 3.37. The quantitative estimate of drug-likeness (QED) is 0.812. The van der Waals surface area contributed by atoms with Crippen molar-refractivity contribution in [2.75, 3.05) is 0 Å². The molecule has 2 aromatic heterocycles. The molecule has 0 aliphatic rings. The van der Waals surface area contributed by atoms with Crippen LogP contribution in [-0.4, -0.2) is 11.0 Å². The van der Waals surface area contributed by atoms with E-state index in [-0.39, 0.29) is 0 Å². The van der Waals surface area contributed by atoms with Gasteiger partial charge in [-0.25, -0.2) is 4.98 Å². The third-order valence-electron chi connectivity index (χ3n) is 2.34. The summed E-state index contributed by atoms with van der Waals surface area (Å²) in [4.78, 5) is 4.23. The first-order chi connectivity index (χ1) is 8.63. The third kappa shape index (κ3) is 3.92. The molecule has 0 fully saturated rings. The van der Waals surface area contributed by atoms with E-state index in [1.54, 1.807) is 18.0 Å². The molecule has 5 heteroatoms. The highest BCUT2D eigenvalue weighted by Crippen LogP contribution is 2.23. The van der Waals surface area contributed by atoms with Crippen molar-refractivity contribution in [3.05, 3.63) is 35.6 Å². The van der Waals surface area contributed by atoms with E-state index >= 15 is 0 Å². The second kappa shape index (κ2) is 6.11. The number of thioether (sulfide) groups is 1. The van der Waals surface area contributed by atoms with Gasteiger partial charge in [0.1, 0.15) is 17.8 Å². The number of rotatable bonds is 6. The van der Waals surface area contributed by atoms with Gasteiger partial charge in [-0.2, -0.15) is 0 Å². The van der Waals surface area contributed by atoms with Crippen LogP contribution in [0.1, 0.15) is 31.1 Å². The molecule has 0 radical (unpaired) electrons. The topological polar surface area (TPSA) is 51.2 Å². The zero-order valence-electron chi connectivity index (χ0n) is 10.9. The molecule has 0 atom stereocenters. The van der Waals surface area contributed by atoms with Gasteiger partial charge in [0.25, 0.3) is 5.22 Å². The van der Waals surface area contributed by atoms with Crippen molar-refractivity contribution in [2.24, 2.45) is 0 Å². The average molecular weight is 266 g/mol. The molecule has 0 saturated carbocycles. The van der Waals surface area contributed by atoms with Crippen molar-refractivity contribution in [2.45, 2.75) is 44.3 Å². The van der Waals surface area contributed by atoms with Crippen molar-refractivity contribution < 1.29 is 8.83 Å². The fourth-order valence-electron chi connectivity index (χ4n) is 1.43. The standard InChI is InChI=1S/C13H18N2O2S/c1-9(2)14-6-11-4-5-12(17-11)8-18-13-15-10(3)7-16-13/h4-5,7,9,14H,6,8H2,1-3H3. The molecule has 0 aliphatic heterocycles. The Morgan fingerprint density at radius 3 is 2.78 bits per heavy atom. The summed E-state index contributed by atoms with van der Waals surface area (Å²) in [6, 6.07) is 4.47. The van der Waals surface area contributed by atoms with Crippen molar-refractivity contribution in [3.8, 4) is 0 Å². The lowest BCUT2D eigenvalue weighted by atomic mass is 10.3. The minimum absolute atomic E-state index is 0.461. The number of nitrogens with one attached hydrogen (secondary N) is 1. The molecule has 0 aromatic carbocycles. The van der Waals surface area contributed by atoms with Crippen LogP contribution < -0.4 is 5.32 Å². The molecular weight excluding hydrogens is 248 g/mol. The highest BCUT2D eigenvalue weighted by molar-refractivity contribution is 7.98. The van der Waals surface area contributed by atoms with Gasteiger partial charge >= 0.3 is 0 Å². The van der Waals surface area contributed by atoms with Crippen LogP contribution in [0.25, 0.3) is 0 Å². The molecule has 1 N–H and O–H groups in total. The highest BCUT2D eigenvalue weighted by Gasteiger charge is 2.06. The van der Waals surface area contributed by atoms with Crippen LogP contribution in [0.15, 0.2) is 32.5 Å². The molecule has 4 nitrogen and oxygen atoms in total. The number of oxazole rings is 1. The third-order valence-corrected chi connectivity index (χ3v) is 3.20. The van der Waals surface area contributed by atoms with Crippen molar-refractivity contribution >= 4 is 11.8 Å². The predicted molar refractivity (Wildman–Crippen MR) is 71.5 cm³/mol. The van der Waals surface area contributed by atoms with E-state index in [1.165, 1.54) is 0 Å². The molecule has 0 aliphatic carbocycles. The number of hydrogen-bond donors (Lipinski definition) is 1. The van der Waals surface area contributed by atoms with Gasteiger partial charge in [-0.15, -0.1) is 0 Å². The zero-order valence-corrected chi connectivity index (χ0v) is 11.7. The number of nitrogens with zero attached hydrogens (tertiary/aromatic N) is 1. The molecule has 98 valence electrons. The van der Waals surface area contributed by atoms with Gasteiger partial charge in [0.05, 0.1) is 18.0 Å². The minimum Gasteiger partial charge on any atom is -0.464 e. The largest absolute Gasteiger partial charge is 0.464 e. The minimum atomic E-state index is 0.461. The summed E-state index contributed by atoms with van der Waals surface area (Å²) in [5.41, 5.74) is 0.902. The normalized spacial score (nSPS) is 11.3. The highest BCUT2D eigenvalue weighted by atomic mass is 32.2. The molecule has 2 aromatic rings. The molecule has 0 spiro atoms. The van der Waals surface area contributed by atoms with E-state index in [0.29, 0.717) is 11.3 Å². The molecule has 0 saturated heterocycles. The number of aryl methyl sites for hydroxylation is 1. The van der Waals surface area contributed by atoms with Crippen molar-refractivity contribution in [1.82, 2.24) is 10.3 Å². The Hall–Kier alpha value is -1.20. The summed E-state index contributed by atoms with van der Waals surface area (Å²) >= 11 is 1.54. The molecule has 0 unspecified atom stereocenters. The number of aromatic nitrogens is 1. The molecule has 18 heavy (non-hydrogen) atoms. The maximum Gasteiger partial charge on any atom is 0.256 e. The van der Waals surface area contributed by atoms with E-state index in [1.807, 2.05) is 19.1 Å². The molecule has 2 heterocycles. The van der Waals surface area contributed by atoms with Gasteiger partial charge in [-0.05, 0) is 19.1 Å². The first-order valence-electron chi connectivity index (χ1n) is 5.99. The summed E-state index contributed by atoms with van der Waals surface area (Å²) in [7, 11) is 0. The molecule has 0 bridgehead atoms. The van der Waals surface area contributed by atoms with Gasteiger partial charge < -0.3 is 14.2 Å². The van der Waals surface area contributed by atoms with Crippen LogP contribution in [0, 0.1) is 6.92 Å². The molecule has 2 rings (SSSR count). The van der Waals surface area contributed by atoms with Crippen LogP contribution in [-0.2, 0) is 12.3 Å². The number of furan rings is 1. The van der Waals surface area contributed by atoms with Crippen LogP contribution in [0.3, 0.4) is 0 Å². The lowest BCUT2D eigenvalue weighted by molar-refractivity contribution is 0.441. The molecule has 0 amide bonds. The Morgan fingerprint density at radius 2 is 2.11 bits per heavy atom. The first-order valence-corrected chi connectivity index (χ1v) is 6.98. The summed E-state index contributed by atoms with van der Waals surface area (Å²) < 4.78 is 11.0. The van der Waals surface area contributed by atoms with Crippen LogP contribution >= 0.6 is 11.8 Å². The zero-order chi connectivity index (χ0) is 13.0. The first kappa shape index (κ1) is 13.2. The number of hydrogen-bond acceptors (Lipinski definition) is 5. The summed E-state index contributed by atoms with van der Waals surface area (Å²) in [5, 5.41) is 4.01. The second-order valence-electron chi connectivity index (χ2n) is 4.45. The lowest BCUT2D eigenvalue weighted by Crippen LogP contribution is -2.21. The monoisotopic (exact) mass is 266 g/mol. The Labute approximate surface area is 111 Å². The van der Waals surface area contributed by atoms with Gasteiger partial charge in [0.2, 0.25) is 0 Å². The van der Waals surface area contributed by atoms with Gasteiger partial charge in [-0.3, -0.25) is 0 Å². The van der Waals surface area contributed by atoms with E-state index in [4.69, 9.17) is 8.83 Å². The van der Waals surface area contributed by atoms with Gasteiger partial charge in [0.15, 0.2) is 0 Å². The maximum atomic E-state index is 5.71. The van der Waals surface area contributed by atoms with Gasteiger partial charge in [-0.1, -0.05) is 25.6 Å². The Balaban J connectivity index is 1.83. The van der Waals surface area contributed by atoms with Crippen LogP contribution in [0.5, 0.6) is 0 Å². The fraction of sp³-hybridized carbons (Fsp3) is 0.462.